The molecule has 0 aliphatic carbocycles. The predicted molar refractivity (Wildman–Crippen MR) is 148 cm³/mol. The molecule has 0 fully saturated rings. The van der Waals surface area contributed by atoms with E-state index >= 15 is 0 Å². The van der Waals surface area contributed by atoms with Crippen LogP contribution in [0.25, 0.3) is 55.0 Å². The number of fused-ring (bicyclic) bond motifs is 7. The van der Waals surface area contributed by atoms with E-state index in [1.807, 2.05) is 18.2 Å². The molecule has 1 aliphatic rings. The zero-order valence-corrected chi connectivity index (χ0v) is 19.7. The highest BCUT2D eigenvalue weighted by molar-refractivity contribution is 6.15. The van der Waals surface area contributed by atoms with Crippen molar-refractivity contribution in [1.29, 1.82) is 0 Å². The molecule has 2 aromatic heterocycles. The highest BCUT2D eigenvalue weighted by Crippen LogP contribution is 2.43. The molecule has 1 atom stereocenters. The summed E-state index contributed by atoms with van der Waals surface area (Å²) in [5.41, 5.74) is 9.47. The van der Waals surface area contributed by atoms with Crippen molar-refractivity contribution in [3.05, 3.63) is 109 Å². The van der Waals surface area contributed by atoms with Gasteiger partial charge in [0.25, 0.3) is 0 Å². The average molecular weight is 467 g/mol. The first kappa shape index (κ1) is 19.6. The van der Waals surface area contributed by atoms with Gasteiger partial charge in [0.1, 0.15) is 28.5 Å². The summed E-state index contributed by atoms with van der Waals surface area (Å²) in [5.74, 6) is 0. The molecule has 8 rings (SSSR count). The minimum absolute atomic E-state index is 0.128. The quantitative estimate of drug-likeness (QED) is 0.277. The summed E-state index contributed by atoms with van der Waals surface area (Å²) < 4.78 is 12.4. The Balaban J connectivity index is 1.23. The number of hydrogen-bond acceptors (Lipinski definition) is 4. The first-order valence-electron chi connectivity index (χ1n) is 12.2. The summed E-state index contributed by atoms with van der Waals surface area (Å²) in [6, 6.07) is 36.0. The van der Waals surface area contributed by atoms with Crippen molar-refractivity contribution in [2.45, 2.75) is 6.17 Å². The molecular weight excluding hydrogens is 444 g/mol. The van der Waals surface area contributed by atoms with Gasteiger partial charge < -0.3 is 19.1 Å². The zero-order chi connectivity index (χ0) is 23.8. The maximum Gasteiger partial charge on any atom is 0.136 e. The first-order chi connectivity index (χ1) is 17.7. The predicted octanol–water partition coefficient (Wildman–Crippen LogP) is 8.71. The molecule has 1 unspecified atom stereocenters. The third-order valence-electron chi connectivity index (χ3n) is 7.47. The Labute approximate surface area is 207 Å². The normalized spacial score (nSPS) is 15.2. The summed E-state index contributed by atoms with van der Waals surface area (Å²) in [5, 5.41) is 8.06. The fraction of sp³-hybridized carbons (Fsp3) is 0.0625. The Hall–Kier alpha value is -4.70. The first-order valence-corrected chi connectivity index (χ1v) is 12.2. The van der Waals surface area contributed by atoms with Crippen LogP contribution in [0.5, 0.6) is 0 Å². The number of nitrogens with one attached hydrogen (secondary N) is 1. The Bertz CT molecular complexity index is 1950. The van der Waals surface area contributed by atoms with Gasteiger partial charge in [0, 0.05) is 28.6 Å². The third-order valence-corrected chi connectivity index (χ3v) is 7.47. The molecule has 0 bridgehead atoms. The lowest BCUT2D eigenvalue weighted by atomic mass is 10.0. The van der Waals surface area contributed by atoms with Crippen molar-refractivity contribution < 1.29 is 8.83 Å². The molecule has 1 N–H and O–H groups in total. The van der Waals surface area contributed by atoms with E-state index < -0.39 is 0 Å². The fourth-order valence-corrected chi connectivity index (χ4v) is 5.64. The number of anilines is 2. The van der Waals surface area contributed by atoms with Gasteiger partial charge >= 0.3 is 0 Å². The van der Waals surface area contributed by atoms with Gasteiger partial charge in [-0.3, -0.25) is 0 Å². The van der Waals surface area contributed by atoms with E-state index in [0.29, 0.717) is 0 Å². The van der Waals surface area contributed by atoms with Gasteiger partial charge in [0.15, 0.2) is 0 Å². The molecular formula is C32H22N2O2. The number of para-hydroxylation sites is 1. The number of rotatable bonds is 2. The van der Waals surface area contributed by atoms with Gasteiger partial charge in [0.05, 0.1) is 11.4 Å². The van der Waals surface area contributed by atoms with Gasteiger partial charge in [-0.25, -0.2) is 0 Å². The second kappa shape index (κ2) is 7.15. The largest absolute Gasteiger partial charge is 0.456 e. The SMILES string of the molecule is CN1c2ccc(-c3ccc4oc5cc6c(cc5c4c3)oc3ccccc36)cc2NC1c1ccccc1. The third kappa shape index (κ3) is 2.75. The van der Waals surface area contributed by atoms with Gasteiger partial charge in [-0.05, 0) is 59.2 Å². The van der Waals surface area contributed by atoms with E-state index in [1.165, 1.54) is 16.8 Å². The van der Waals surface area contributed by atoms with Crippen LogP contribution in [-0.4, -0.2) is 7.05 Å². The van der Waals surface area contributed by atoms with Gasteiger partial charge in [-0.1, -0.05) is 60.7 Å². The number of nitrogens with zero attached hydrogens (tertiary/aromatic N) is 1. The fourth-order valence-electron chi connectivity index (χ4n) is 5.64. The lowest BCUT2D eigenvalue weighted by Crippen LogP contribution is -2.23. The molecule has 36 heavy (non-hydrogen) atoms. The van der Waals surface area contributed by atoms with Gasteiger partial charge in [0.2, 0.25) is 0 Å². The molecule has 1 aliphatic heterocycles. The van der Waals surface area contributed by atoms with Gasteiger partial charge in [-0.15, -0.1) is 0 Å². The average Bonchev–Trinajstić information content (AvgIpc) is 3.58. The van der Waals surface area contributed by atoms with Crippen LogP contribution in [0.15, 0.2) is 112 Å². The molecule has 0 saturated carbocycles. The minimum atomic E-state index is 0.128. The smallest absolute Gasteiger partial charge is 0.136 e. The number of furan rings is 2. The summed E-state index contributed by atoms with van der Waals surface area (Å²) in [6.07, 6.45) is 0.128. The van der Waals surface area contributed by atoms with E-state index in [-0.39, 0.29) is 6.17 Å². The van der Waals surface area contributed by atoms with Crippen LogP contribution in [0, 0.1) is 0 Å². The Morgan fingerprint density at radius 2 is 1.22 bits per heavy atom. The molecule has 4 nitrogen and oxygen atoms in total. The van der Waals surface area contributed by atoms with Crippen LogP contribution < -0.4 is 10.2 Å². The van der Waals surface area contributed by atoms with Crippen molar-refractivity contribution in [1.82, 2.24) is 0 Å². The Morgan fingerprint density at radius 3 is 2.06 bits per heavy atom. The number of hydrogen-bond donors (Lipinski definition) is 1. The maximum absolute atomic E-state index is 6.26. The summed E-state index contributed by atoms with van der Waals surface area (Å²) in [4.78, 5) is 2.29. The molecule has 0 radical (unpaired) electrons. The van der Waals surface area contributed by atoms with Gasteiger partial charge in [-0.2, -0.15) is 0 Å². The van der Waals surface area contributed by atoms with Crippen molar-refractivity contribution in [3.63, 3.8) is 0 Å². The van der Waals surface area contributed by atoms with Crippen molar-refractivity contribution in [3.8, 4) is 11.1 Å². The van der Waals surface area contributed by atoms with Crippen LogP contribution in [0.3, 0.4) is 0 Å². The summed E-state index contributed by atoms with van der Waals surface area (Å²) in [7, 11) is 2.14. The standard InChI is InChI=1S/C32H22N2O2/c1-34-27-13-11-21(16-26(27)33-32(34)19-7-3-2-4-8-19)20-12-14-29-23(15-20)25-18-30-24(17-31(25)36-29)22-9-5-6-10-28(22)35-30/h2-18,32-33H,1H3. The monoisotopic (exact) mass is 466 g/mol. The lowest BCUT2D eigenvalue weighted by Gasteiger charge is -2.22. The Morgan fingerprint density at radius 1 is 0.583 bits per heavy atom. The number of benzene rings is 5. The minimum Gasteiger partial charge on any atom is -0.456 e. The summed E-state index contributed by atoms with van der Waals surface area (Å²) >= 11 is 0. The highest BCUT2D eigenvalue weighted by Gasteiger charge is 2.27. The van der Waals surface area contributed by atoms with Crippen LogP contribution in [-0.2, 0) is 0 Å². The summed E-state index contributed by atoms with van der Waals surface area (Å²) in [6.45, 7) is 0. The molecule has 0 amide bonds. The van der Waals surface area contributed by atoms with E-state index in [1.54, 1.807) is 0 Å². The molecule has 0 saturated heterocycles. The van der Waals surface area contributed by atoms with Crippen molar-refractivity contribution in [2.75, 3.05) is 17.3 Å². The van der Waals surface area contributed by atoms with E-state index in [4.69, 9.17) is 8.83 Å². The van der Waals surface area contributed by atoms with Crippen molar-refractivity contribution >= 4 is 55.3 Å². The molecule has 4 heteroatoms. The van der Waals surface area contributed by atoms with E-state index in [9.17, 15) is 0 Å². The van der Waals surface area contributed by atoms with Crippen LogP contribution in [0.1, 0.15) is 11.7 Å². The molecule has 172 valence electrons. The van der Waals surface area contributed by atoms with E-state index in [0.717, 1.165) is 55.1 Å². The molecule has 0 spiro atoms. The lowest BCUT2D eigenvalue weighted by molar-refractivity contribution is 0.664. The van der Waals surface area contributed by atoms with Crippen LogP contribution in [0.4, 0.5) is 11.4 Å². The zero-order valence-electron chi connectivity index (χ0n) is 19.7. The second-order valence-electron chi connectivity index (χ2n) is 9.56. The second-order valence-corrected chi connectivity index (χ2v) is 9.56. The highest BCUT2D eigenvalue weighted by atomic mass is 16.3. The molecule has 3 heterocycles. The van der Waals surface area contributed by atoms with Crippen LogP contribution in [0.2, 0.25) is 0 Å². The maximum atomic E-state index is 6.26. The van der Waals surface area contributed by atoms with Crippen molar-refractivity contribution in [2.24, 2.45) is 0 Å². The topological polar surface area (TPSA) is 41.6 Å². The van der Waals surface area contributed by atoms with Crippen LogP contribution >= 0.6 is 0 Å². The molecule has 5 aromatic carbocycles. The molecule has 7 aromatic rings. The van der Waals surface area contributed by atoms with E-state index in [2.05, 4.69) is 102 Å². The Kier molecular flexibility index (Phi) is 3.89.